The Labute approximate surface area is 173 Å². The molecule has 0 unspecified atom stereocenters. The number of aliphatic carboxylic acids is 3. The summed E-state index contributed by atoms with van der Waals surface area (Å²) in [5, 5.41) is 27.4. The van der Waals surface area contributed by atoms with Crippen LogP contribution in [0.1, 0.15) is 11.4 Å². The summed E-state index contributed by atoms with van der Waals surface area (Å²) in [6.07, 6.45) is 0. The number of carboxylic acids is 3. The largest absolute Gasteiger partial charge is 0.480 e. The van der Waals surface area contributed by atoms with Crippen molar-refractivity contribution in [3.8, 4) is 0 Å². The fourth-order valence-corrected chi connectivity index (χ4v) is 3.00. The van der Waals surface area contributed by atoms with Crippen LogP contribution in [0, 0.1) is 0 Å². The molecule has 0 fully saturated rings. The second-order valence-electron chi connectivity index (χ2n) is 6.50. The smallest absolute Gasteiger partial charge is 0.317 e. The van der Waals surface area contributed by atoms with Gasteiger partial charge in [-0.15, -0.1) is 0 Å². The molecule has 0 amide bonds. The molecule has 1 radical (unpaired) electrons. The first-order valence-corrected chi connectivity index (χ1v) is 8.59. The molecule has 28 heavy (non-hydrogen) atoms. The van der Waals surface area contributed by atoms with Gasteiger partial charge in [-0.25, -0.2) is 0 Å². The van der Waals surface area contributed by atoms with E-state index in [0.29, 0.717) is 50.7 Å². The van der Waals surface area contributed by atoms with Crippen LogP contribution < -0.4 is 0 Å². The van der Waals surface area contributed by atoms with Gasteiger partial charge in [-0.3, -0.25) is 34.1 Å². The third kappa shape index (κ3) is 8.77. The summed E-state index contributed by atoms with van der Waals surface area (Å²) < 4.78 is 0. The second kappa shape index (κ2) is 11.7. The van der Waals surface area contributed by atoms with E-state index in [1.54, 1.807) is 26.8 Å². The van der Waals surface area contributed by atoms with E-state index in [1.165, 1.54) is 0 Å². The van der Waals surface area contributed by atoms with E-state index in [9.17, 15) is 14.4 Å². The van der Waals surface area contributed by atoms with Gasteiger partial charge in [-0.1, -0.05) is 6.07 Å². The maximum atomic E-state index is 11.1. The molecule has 0 aromatic carbocycles. The average Bonchev–Trinajstić information content (AvgIpc) is 2.55. The number of fused-ring (bicyclic) bond motifs is 2. The fraction of sp³-hybridized carbons (Fsp3) is 0.529. The molecule has 0 saturated carbocycles. The van der Waals surface area contributed by atoms with Crippen molar-refractivity contribution in [3.05, 3.63) is 29.6 Å². The molecule has 0 saturated heterocycles. The van der Waals surface area contributed by atoms with Crippen molar-refractivity contribution in [2.45, 2.75) is 13.1 Å². The van der Waals surface area contributed by atoms with Crippen molar-refractivity contribution in [3.63, 3.8) is 0 Å². The van der Waals surface area contributed by atoms with Gasteiger partial charge in [0.05, 0.1) is 31.0 Å². The number of hydrogen-bond acceptors (Lipinski definition) is 7. The maximum absolute atomic E-state index is 11.1. The standard InChI is InChI=1S/C17H24N4O6.Mn/c22-15(23)10-19-4-6-20(11-16(24)25)8-13-2-1-3-14(18-13)9-21(7-5-19)12-17(26)27;/h1-3H,4-12H2,(H,22,23)(H,24,25)(H,26,27);. The SMILES string of the molecule is O=C(O)CN1CCN(CC(=O)O)Cc2cccc(n2)CN(CC(=O)O)CC1.[Mn]. The van der Waals surface area contributed by atoms with Crippen molar-refractivity contribution < 1.29 is 46.8 Å². The molecule has 155 valence electrons. The van der Waals surface area contributed by atoms with E-state index < -0.39 is 17.9 Å². The van der Waals surface area contributed by atoms with E-state index in [4.69, 9.17) is 15.3 Å². The molecular weight excluding hydrogens is 411 g/mol. The number of hydrogen-bond donors (Lipinski definition) is 3. The number of carbonyl (C=O) groups is 3. The van der Waals surface area contributed by atoms with Crippen LogP contribution in [0.5, 0.6) is 0 Å². The Morgan fingerprint density at radius 1 is 0.750 bits per heavy atom. The Hall–Kier alpha value is -2.04. The second-order valence-corrected chi connectivity index (χ2v) is 6.50. The summed E-state index contributed by atoms with van der Waals surface area (Å²) in [4.78, 5) is 43.0. The molecule has 1 aromatic heterocycles. The minimum absolute atomic E-state index is 0. The Balaban J connectivity index is 0.00000392. The third-order valence-electron chi connectivity index (χ3n) is 4.18. The summed E-state index contributed by atoms with van der Waals surface area (Å²) in [7, 11) is 0. The fourth-order valence-electron chi connectivity index (χ4n) is 3.00. The van der Waals surface area contributed by atoms with E-state index in [1.807, 2.05) is 6.07 Å². The molecule has 1 aliphatic heterocycles. The summed E-state index contributed by atoms with van der Waals surface area (Å²) in [6, 6.07) is 5.40. The Morgan fingerprint density at radius 3 is 1.50 bits per heavy atom. The van der Waals surface area contributed by atoms with Crippen molar-refractivity contribution >= 4 is 17.9 Å². The molecule has 2 rings (SSSR count). The number of aromatic nitrogens is 1. The summed E-state index contributed by atoms with van der Waals surface area (Å²) >= 11 is 0. The van der Waals surface area contributed by atoms with Crippen molar-refractivity contribution in [2.75, 3.05) is 45.8 Å². The minimum Gasteiger partial charge on any atom is -0.480 e. The van der Waals surface area contributed by atoms with Crippen LogP contribution in [0.4, 0.5) is 0 Å². The van der Waals surface area contributed by atoms with Crippen LogP contribution >= 0.6 is 0 Å². The van der Waals surface area contributed by atoms with E-state index in [0.717, 1.165) is 0 Å². The molecule has 1 aliphatic rings. The van der Waals surface area contributed by atoms with E-state index in [2.05, 4.69) is 4.98 Å². The van der Waals surface area contributed by atoms with Gasteiger partial charge in [0, 0.05) is 56.3 Å². The van der Waals surface area contributed by atoms with Gasteiger partial charge in [-0.2, -0.15) is 0 Å². The molecule has 2 bridgehead atoms. The van der Waals surface area contributed by atoms with Gasteiger partial charge in [0.1, 0.15) is 0 Å². The first-order valence-electron chi connectivity index (χ1n) is 8.59. The van der Waals surface area contributed by atoms with Gasteiger partial charge >= 0.3 is 17.9 Å². The van der Waals surface area contributed by atoms with Crippen LogP contribution in [0.3, 0.4) is 0 Å². The molecule has 0 aliphatic carbocycles. The molecular formula is C17H24MnN4O6. The summed E-state index contributed by atoms with van der Waals surface area (Å²) in [5.74, 6) is -2.91. The number of pyridine rings is 1. The zero-order valence-corrected chi connectivity index (χ0v) is 16.5. The molecule has 3 N–H and O–H groups in total. The Morgan fingerprint density at radius 2 is 1.11 bits per heavy atom. The van der Waals surface area contributed by atoms with Gasteiger partial charge < -0.3 is 15.3 Å². The molecule has 10 nitrogen and oxygen atoms in total. The maximum Gasteiger partial charge on any atom is 0.317 e. The zero-order valence-electron chi connectivity index (χ0n) is 15.3. The van der Waals surface area contributed by atoms with Crippen molar-refractivity contribution in [1.82, 2.24) is 19.7 Å². The topological polar surface area (TPSA) is 135 Å². The van der Waals surface area contributed by atoms with Gasteiger partial charge in [-0.05, 0) is 12.1 Å². The van der Waals surface area contributed by atoms with E-state index in [-0.39, 0.29) is 36.7 Å². The molecule has 2 heterocycles. The molecule has 0 spiro atoms. The predicted molar refractivity (Wildman–Crippen MR) is 94.1 cm³/mol. The zero-order chi connectivity index (χ0) is 19.8. The monoisotopic (exact) mass is 435 g/mol. The van der Waals surface area contributed by atoms with Crippen LogP contribution in [0.25, 0.3) is 0 Å². The third-order valence-corrected chi connectivity index (χ3v) is 4.18. The van der Waals surface area contributed by atoms with Gasteiger partial charge in [0.25, 0.3) is 0 Å². The normalized spacial score (nSPS) is 17.0. The Kier molecular flexibility index (Phi) is 10.0. The molecule has 11 heteroatoms. The van der Waals surface area contributed by atoms with Crippen molar-refractivity contribution in [1.29, 1.82) is 0 Å². The first-order chi connectivity index (χ1) is 12.8. The van der Waals surface area contributed by atoms with Gasteiger partial charge in [0.15, 0.2) is 0 Å². The summed E-state index contributed by atoms with van der Waals surface area (Å²) in [5.41, 5.74) is 1.38. The number of nitrogens with zero attached hydrogens (tertiary/aromatic N) is 4. The predicted octanol–water partition coefficient (Wildman–Crippen LogP) is -0.747. The summed E-state index contributed by atoms with van der Waals surface area (Å²) in [6.45, 7) is 1.57. The van der Waals surface area contributed by atoms with Crippen molar-refractivity contribution in [2.24, 2.45) is 0 Å². The van der Waals surface area contributed by atoms with Crippen LogP contribution in [-0.4, -0.2) is 98.7 Å². The molecule has 0 atom stereocenters. The number of rotatable bonds is 6. The number of carboxylic acid groups (broad SMARTS) is 3. The minimum atomic E-state index is -0.983. The van der Waals surface area contributed by atoms with Crippen LogP contribution in [-0.2, 0) is 44.5 Å². The Bertz CT molecular complexity index is 644. The molecule has 1 aromatic rings. The van der Waals surface area contributed by atoms with E-state index >= 15 is 0 Å². The van der Waals surface area contributed by atoms with Crippen LogP contribution in [0.15, 0.2) is 18.2 Å². The van der Waals surface area contributed by atoms with Gasteiger partial charge in [0.2, 0.25) is 0 Å². The average molecular weight is 435 g/mol. The van der Waals surface area contributed by atoms with Crippen LogP contribution in [0.2, 0.25) is 0 Å². The first kappa shape index (κ1) is 24.0. The quantitative estimate of drug-likeness (QED) is 0.490.